The van der Waals surface area contributed by atoms with Crippen molar-refractivity contribution in [2.24, 2.45) is 0 Å². The van der Waals surface area contributed by atoms with Gasteiger partial charge < -0.3 is 4.42 Å². The van der Waals surface area contributed by atoms with E-state index in [9.17, 15) is 4.79 Å². The second-order valence-electron chi connectivity index (χ2n) is 4.59. The summed E-state index contributed by atoms with van der Waals surface area (Å²) < 4.78 is 5.76. The summed E-state index contributed by atoms with van der Waals surface area (Å²) in [6.45, 7) is 1.54. The highest BCUT2D eigenvalue weighted by molar-refractivity contribution is 7.98. The zero-order chi connectivity index (χ0) is 14.1. The third-order valence-electron chi connectivity index (χ3n) is 3.28. The Hall–Kier alpha value is -2.00. The number of hydrogen-bond donors (Lipinski definition) is 0. The minimum Gasteiger partial charge on any atom is -0.452 e. The van der Waals surface area contributed by atoms with E-state index in [1.807, 2.05) is 48.7 Å². The van der Waals surface area contributed by atoms with Crippen LogP contribution in [0, 0.1) is 0 Å². The van der Waals surface area contributed by atoms with Crippen molar-refractivity contribution in [2.75, 3.05) is 6.26 Å². The summed E-state index contributed by atoms with van der Waals surface area (Å²) in [5.41, 5.74) is 2.66. The highest BCUT2D eigenvalue weighted by atomic mass is 32.2. The van der Waals surface area contributed by atoms with Gasteiger partial charge in [0.1, 0.15) is 5.58 Å². The molecule has 3 heteroatoms. The average molecular weight is 282 g/mol. The summed E-state index contributed by atoms with van der Waals surface area (Å²) in [4.78, 5) is 13.0. The van der Waals surface area contributed by atoms with Crippen molar-refractivity contribution in [3.05, 3.63) is 54.3 Å². The fourth-order valence-electron chi connectivity index (χ4n) is 2.34. The van der Waals surface area contributed by atoms with E-state index in [4.69, 9.17) is 4.42 Å². The van der Waals surface area contributed by atoms with E-state index in [2.05, 4.69) is 6.07 Å². The van der Waals surface area contributed by atoms with Crippen LogP contribution in [0.3, 0.4) is 0 Å². The van der Waals surface area contributed by atoms with Gasteiger partial charge in [-0.15, -0.1) is 11.8 Å². The average Bonchev–Trinajstić information content (AvgIpc) is 2.86. The van der Waals surface area contributed by atoms with Crippen LogP contribution in [0.1, 0.15) is 17.5 Å². The van der Waals surface area contributed by atoms with Gasteiger partial charge in [-0.1, -0.05) is 30.3 Å². The Morgan fingerprint density at radius 3 is 2.50 bits per heavy atom. The first-order chi connectivity index (χ1) is 9.70. The van der Waals surface area contributed by atoms with E-state index in [0.717, 1.165) is 27.0 Å². The lowest BCUT2D eigenvalue weighted by atomic mass is 10.0. The smallest absolute Gasteiger partial charge is 0.195 e. The maximum absolute atomic E-state index is 11.9. The Kier molecular flexibility index (Phi) is 3.36. The Morgan fingerprint density at radius 2 is 1.85 bits per heavy atom. The molecule has 2 aromatic carbocycles. The van der Waals surface area contributed by atoms with E-state index in [1.54, 1.807) is 18.7 Å². The lowest BCUT2D eigenvalue weighted by Gasteiger charge is -2.01. The maximum atomic E-state index is 11.9. The number of fused-ring (bicyclic) bond motifs is 1. The molecule has 1 heterocycles. The van der Waals surface area contributed by atoms with Gasteiger partial charge >= 0.3 is 0 Å². The van der Waals surface area contributed by atoms with Crippen LogP contribution in [0.5, 0.6) is 0 Å². The molecule has 0 aliphatic rings. The summed E-state index contributed by atoms with van der Waals surface area (Å²) in [5, 5.41) is 0.994. The van der Waals surface area contributed by atoms with Gasteiger partial charge in [-0.05, 0) is 30.0 Å². The predicted octanol–water partition coefficient (Wildman–Crippen LogP) is 5.02. The number of carbonyl (C=O) groups is 1. The normalized spacial score (nSPS) is 10.9. The van der Waals surface area contributed by atoms with Crippen LogP contribution < -0.4 is 0 Å². The Morgan fingerprint density at radius 1 is 1.10 bits per heavy atom. The molecule has 2 nitrogen and oxygen atoms in total. The molecule has 20 heavy (non-hydrogen) atoms. The molecule has 0 fully saturated rings. The minimum atomic E-state index is -0.0502. The number of furan rings is 1. The standard InChI is InChI=1S/C17H14O2S/c1-11(18)17-16(12-6-4-3-5-7-12)14-10-13(20-2)8-9-15(14)19-17/h3-10H,1-2H3. The topological polar surface area (TPSA) is 30.2 Å². The number of benzene rings is 2. The molecule has 100 valence electrons. The number of hydrogen-bond acceptors (Lipinski definition) is 3. The molecular formula is C17H14O2S. The molecule has 0 atom stereocenters. The van der Waals surface area contributed by atoms with Crippen LogP contribution in [0.15, 0.2) is 57.8 Å². The predicted molar refractivity (Wildman–Crippen MR) is 83.4 cm³/mol. The van der Waals surface area contributed by atoms with Gasteiger partial charge in [0, 0.05) is 22.8 Å². The monoisotopic (exact) mass is 282 g/mol. The van der Waals surface area contributed by atoms with Crippen LogP contribution in [-0.2, 0) is 0 Å². The molecule has 0 aliphatic carbocycles. The fourth-order valence-corrected chi connectivity index (χ4v) is 2.78. The van der Waals surface area contributed by atoms with Crippen molar-refractivity contribution in [1.82, 2.24) is 0 Å². The number of carbonyl (C=O) groups excluding carboxylic acids is 1. The maximum Gasteiger partial charge on any atom is 0.195 e. The number of Topliss-reactive ketones (excluding diaryl/α,β-unsaturated/α-hetero) is 1. The highest BCUT2D eigenvalue weighted by Gasteiger charge is 2.19. The number of ketones is 1. The molecule has 0 N–H and O–H groups in total. The second-order valence-corrected chi connectivity index (χ2v) is 5.47. The minimum absolute atomic E-state index is 0.0502. The molecule has 1 aromatic heterocycles. The van der Waals surface area contributed by atoms with E-state index in [1.165, 1.54) is 0 Å². The van der Waals surface area contributed by atoms with E-state index in [0.29, 0.717) is 5.76 Å². The molecule has 0 unspecified atom stereocenters. The third kappa shape index (κ3) is 2.14. The molecular weight excluding hydrogens is 268 g/mol. The van der Waals surface area contributed by atoms with Crippen LogP contribution in [0.2, 0.25) is 0 Å². The third-order valence-corrected chi connectivity index (χ3v) is 4.00. The molecule has 3 aromatic rings. The molecule has 3 rings (SSSR count). The van der Waals surface area contributed by atoms with Gasteiger partial charge in [0.05, 0.1) is 0 Å². The van der Waals surface area contributed by atoms with Crippen LogP contribution >= 0.6 is 11.8 Å². The number of rotatable bonds is 3. The SMILES string of the molecule is CSc1ccc2oc(C(C)=O)c(-c3ccccc3)c2c1. The Balaban J connectivity index is 2.36. The van der Waals surface area contributed by atoms with Gasteiger partial charge in [0.2, 0.25) is 0 Å². The second kappa shape index (κ2) is 5.17. The van der Waals surface area contributed by atoms with E-state index >= 15 is 0 Å². The largest absolute Gasteiger partial charge is 0.452 e. The molecule has 0 spiro atoms. The van der Waals surface area contributed by atoms with E-state index < -0.39 is 0 Å². The molecule has 0 saturated carbocycles. The summed E-state index contributed by atoms with van der Waals surface area (Å²) >= 11 is 1.68. The van der Waals surface area contributed by atoms with Crippen LogP contribution in [-0.4, -0.2) is 12.0 Å². The van der Waals surface area contributed by atoms with Gasteiger partial charge in [-0.2, -0.15) is 0 Å². The summed E-state index contributed by atoms with van der Waals surface area (Å²) in [7, 11) is 0. The van der Waals surface area contributed by atoms with Crippen molar-refractivity contribution in [3.63, 3.8) is 0 Å². The van der Waals surface area contributed by atoms with E-state index in [-0.39, 0.29) is 5.78 Å². The first-order valence-corrected chi connectivity index (χ1v) is 7.60. The first kappa shape index (κ1) is 13.0. The quantitative estimate of drug-likeness (QED) is 0.499. The van der Waals surface area contributed by atoms with Crippen molar-refractivity contribution in [2.45, 2.75) is 11.8 Å². The Labute approximate surface area is 121 Å². The molecule has 0 radical (unpaired) electrons. The van der Waals surface area contributed by atoms with Crippen molar-refractivity contribution >= 4 is 28.5 Å². The molecule has 0 bridgehead atoms. The first-order valence-electron chi connectivity index (χ1n) is 6.37. The fraction of sp³-hybridized carbons (Fsp3) is 0.118. The molecule has 0 saturated heterocycles. The van der Waals surface area contributed by atoms with Crippen LogP contribution in [0.4, 0.5) is 0 Å². The zero-order valence-electron chi connectivity index (χ0n) is 11.3. The van der Waals surface area contributed by atoms with Crippen molar-refractivity contribution in [3.8, 4) is 11.1 Å². The van der Waals surface area contributed by atoms with Gasteiger partial charge in [-0.3, -0.25) is 4.79 Å². The summed E-state index contributed by atoms with van der Waals surface area (Å²) in [6.07, 6.45) is 2.04. The number of thioether (sulfide) groups is 1. The van der Waals surface area contributed by atoms with Crippen molar-refractivity contribution < 1.29 is 9.21 Å². The van der Waals surface area contributed by atoms with Gasteiger partial charge in [0.15, 0.2) is 11.5 Å². The van der Waals surface area contributed by atoms with Gasteiger partial charge in [0.25, 0.3) is 0 Å². The summed E-state index contributed by atoms with van der Waals surface area (Å²) in [6, 6.07) is 15.9. The lowest BCUT2D eigenvalue weighted by Crippen LogP contribution is -1.91. The van der Waals surface area contributed by atoms with Crippen LogP contribution in [0.25, 0.3) is 22.1 Å². The molecule has 0 amide bonds. The molecule has 0 aliphatic heterocycles. The Bertz CT molecular complexity index is 772. The highest BCUT2D eigenvalue weighted by Crippen LogP contribution is 2.36. The zero-order valence-corrected chi connectivity index (χ0v) is 12.2. The summed E-state index contributed by atoms with van der Waals surface area (Å²) in [5.74, 6) is 0.384. The lowest BCUT2D eigenvalue weighted by molar-refractivity contribution is 0.0990. The van der Waals surface area contributed by atoms with Crippen molar-refractivity contribution in [1.29, 1.82) is 0 Å². The van der Waals surface area contributed by atoms with Gasteiger partial charge in [-0.25, -0.2) is 0 Å².